The highest BCUT2D eigenvalue weighted by atomic mass is 16.5. The van der Waals surface area contributed by atoms with Crippen LogP contribution in [0.25, 0.3) is 0 Å². The molecule has 1 aromatic rings. The molecule has 3 rings (SSSR count). The van der Waals surface area contributed by atoms with Gasteiger partial charge in [0.05, 0.1) is 12.6 Å². The van der Waals surface area contributed by atoms with Gasteiger partial charge in [0.15, 0.2) is 11.3 Å². The first-order valence-corrected chi connectivity index (χ1v) is 11.4. The van der Waals surface area contributed by atoms with Gasteiger partial charge in [0.25, 0.3) is 0 Å². The summed E-state index contributed by atoms with van der Waals surface area (Å²) in [4.78, 5) is 38.2. The molecule has 1 heterocycles. The van der Waals surface area contributed by atoms with Crippen molar-refractivity contribution in [2.45, 2.75) is 82.5 Å². The minimum Gasteiger partial charge on any atom is -0.480 e. The minimum absolute atomic E-state index is 0.0694. The van der Waals surface area contributed by atoms with Crippen molar-refractivity contribution < 1.29 is 24.2 Å². The maximum Gasteiger partial charge on any atom is 0.331 e. The Bertz CT molecular complexity index is 767. The van der Waals surface area contributed by atoms with E-state index in [1.54, 1.807) is 13.8 Å². The number of fused-ring (bicyclic) bond motifs is 1. The third-order valence-corrected chi connectivity index (χ3v) is 6.68. The van der Waals surface area contributed by atoms with Gasteiger partial charge in [-0.05, 0) is 57.4 Å². The van der Waals surface area contributed by atoms with Gasteiger partial charge in [-0.1, -0.05) is 43.2 Å². The first-order chi connectivity index (χ1) is 14.9. The van der Waals surface area contributed by atoms with Crippen molar-refractivity contribution >= 4 is 17.7 Å². The fourth-order valence-electron chi connectivity index (χ4n) is 5.05. The van der Waals surface area contributed by atoms with Crippen LogP contribution >= 0.6 is 0 Å². The molecule has 0 aromatic heterocycles. The smallest absolute Gasteiger partial charge is 0.331 e. The number of carbonyl (C=O) groups excluding carboxylic acids is 2. The van der Waals surface area contributed by atoms with E-state index in [0.717, 1.165) is 31.2 Å². The molecule has 2 aliphatic rings. The number of ether oxygens (including phenoxy) is 1. The zero-order valence-electron chi connectivity index (χ0n) is 18.4. The van der Waals surface area contributed by atoms with E-state index in [1.807, 2.05) is 30.3 Å². The zero-order valence-corrected chi connectivity index (χ0v) is 18.4. The highest BCUT2D eigenvalue weighted by Gasteiger charge is 2.56. The lowest BCUT2D eigenvalue weighted by molar-refractivity contribution is -0.150. The van der Waals surface area contributed by atoms with E-state index in [1.165, 1.54) is 0 Å². The molecule has 1 saturated heterocycles. The van der Waals surface area contributed by atoms with Crippen molar-refractivity contribution in [2.75, 3.05) is 6.61 Å². The van der Waals surface area contributed by atoms with Crippen LogP contribution in [0, 0.1) is 5.92 Å². The van der Waals surface area contributed by atoms with Crippen LogP contribution in [0.1, 0.15) is 57.9 Å². The molecule has 5 atom stereocenters. The standard InChI is InChI=1S/C24H34N2O5/c1-3-31-22(28)20(14-13-17-9-5-4-6-10-17)25-16(2)21(27)24(23(29)30)15-18-11-7-8-12-19(18)26-24/h4-6,9-10,16,18-20,25-26H,3,7-8,11-15H2,1-2H3,(H,29,30). The van der Waals surface area contributed by atoms with Crippen LogP contribution < -0.4 is 10.6 Å². The fraction of sp³-hybridized carbons (Fsp3) is 0.625. The third-order valence-electron chi connectivity index (χ3n) is 6.68. The molecule has 1 aromatic carbocycles. The summed E-state index contributed by atoms with van der Waals surface area (Å²) < 4.78 is 5.20. The Hall–Kier alpha value is -2.25. The van der Waals surface area contributed by atoms with Crippen molar-refractivity contribution in [3.05, 3.63) is 35.9 Å². The maximum absolute atomic E-state index is 13.4. The van der Waals surface area contributed by atoms with Crippen LogP contribution in [0.5, 0.6) is 0 Å². The van der Waals surface area contributed by atoms with Crippen molar-refractivity contribution in [1.29, 1.82) is 0 Å². The number of hydrogen-bond donors (Lipinski definition) is 3. The average molecular weight is 431 g/mol. The van der Waals surface area contributed by atoms with Crippen molar-refractivity contribution in [1.82, 2.24) is 10.6 Å². The number of carbonyl (C=O) groups is 3. The van der Waals surface area contributed by atoms with E-state index in [9.17, 15) is 19.5 Å². The Balaban J connectivity index is 1.71. The lowest BCUT2D eigenvalue weighted by Crippen LogP contribution is -2.62. The number of carboxylic acids is 1. The first kappa shape index (κ1) is 23.4. The van der Waals surface area contributed by atoms with Crippen LogP contribution in [0.3, 0.4) is 0 Å². The zero-order chi connectivity index (χ0) is 22.4. The highest BCUT2D eigenvalue weighted by Crippen LogP contribution is 2.39. The molecule has 0 bridgehead atoms. The van der Waals surface area contributed by atoms with Crippen molar-refractivity contribution in [2.24, 2.45) is 5.92 Å². The van der Waals surface area contributed by atoms with E-state index < -0.39 is 35.3 Å². The van der Waals surface area contributed by atoms with E-state index in [-0.39, 0.29) is 18.6 Å². The normalized spacial score (nSPS) is 27.2. The number of esters is 1. The predicted octanol–water partition coefficient (Wildman–Crippen LogP) is 2.47. The summed E-state index contributed by atoms with van der Waals surface area (Å²) in [5, 5.41) is 16.3. The number of rotatable bonds is 10. The van der Waals surface area contributed by atoms with Gasteiger partial charge in [0.2, 0.25) is 0 Å². The van der Waals surface area contributed by atoms with Crippen LogP contribution in [0.15, 0.2) is 30.3 Å². The summed E-state index contributed by atoms with van der Waals surface area (Å²) in [6.45, 7) is 3.63. The SMILES string of the molecule is CCOC(=O)C(CCc1ccccc1)NC(C)C(=O)C1(C(=O)O)CC2CCCCC2N1. The molecule has 7 nitrogen and oxygen atoms in total. The fourth-order valence-corrected chi connectivity index (χ4v) is 5.05. The predicted molar refractivity (Wildman–Crippen MR) is 117 cm³/mol. The van der Waals surface area contributed by atoms with Crippen LogP contribution in [-0.2, 0) is 25.5 Å². The largest absolute Gasteiger partial charge is 0.480 e. The number of hydrogen-bond acceptors (Lipinski definition) is 6. The summed E-state index contributed by atoms with van der Waals surface area (Å²) in [6.07, 6.45) is 5.39. The molecule has 170 valence electrons. The Kier molecular flexibility index (Phi) is 7.84. The van der Waals surface area contributed by atoms with Crippen molar-refractivity contribution in [3.8, 4) is 0 Å². The average Bonchev–Trinajstić information content (AvgIpc) is 3.18. The number of aryl methyl sites for hydroxylation is 1. The van der Waals surface area contributed by atoms with Gasteiger partial charge < -0.3 is 9.84 Å². The Morgan fingerprint density at radius 2 is 1.94 bits per heavy atom. The van der Waals surface area contributed by atoms with Crippen LogP contribution in [0.4, 0.5) is 0 Å². The number of carboxylic acid groups (broad SMARTS) is 1. The first-order valence-electron chi connectivity index (χ1n) is 11.4. The van der Waals surface area contributed by atoms with Gasteiger partial charge in [-0.25, -0.2) is 4.79 Å². The molecule has 0 spiro atoms. The second kappa shape index (κ2) is 10.4. The quantitative estimate of drug-likeness (QED) is 0.387. The molecule has 1 aliphatic heterocycles. The van der Waals surface area contributed by atoms with Gasteiger partial charge in [-0.3, -0.25) is 20.2 Å². The lowest BCUT2D eigenvalue weighted by atomic mass is 9.80. The molecule has 5 unspecified atom stereocenters. The summed E-state index contributed by atoms with van der Waals surface area (Å²) >= 11 is 0. The Morgan fingerprint density at radius 1 is 1.23 bits per heavy atom. The van der Waals surface area contributed by atoms with Crippen LogP contribution in [0.2, 0.25) is 0 Å². The molecular formula is C24H34N2O5. The number of benzene rings is 1. The van der Waals surface area contributed by atoms with Gasteiger partial charge in [-0.2, -0.15) is 0 Å². The monoisotopic (exact) mass is 430 g/mol. The minimum atomic E-state index is -1.59. The molecular weight excluding hydrogens is 396 g/mol. The van der Waals surface area contributed by atoms with Gasteiger partial charge in [0, 0.05) is 6.04 Å². The number of ketones is 1. The molecule has 0 radical (unpaired) electrons. The summed E-state index contributed by atoms with van der Waals surface area (Å²) in [7, 11) is 0. The molecule has 1 saturated carbocycles. The van der Waals surface area contributed by atoms with Crippen molar-refractivity contribution in [3.63, 3.8) is 0 Å². The van der Waals surface area contributed by atoms with E-state index in [2.05, 4.69) is 10.6 Å². The van der Waals surface area contributed by atoms with E-state index in [0.29, 0.717) is 19.3 Å². The summed E-state index contributed by atoms with van der Waals surface area (Å²) in [5.74, 6) is -1.75. The van der Waals surface area contributed by atoms with Gasteiger partial charge >= 0.3 is 11.9 Å². The summed E-state index contributed by atoms with van der Waals surface area (Å²) in [6, 6.07) is 8.37. The summed E-state index contributed by atoms with van der Waals surface area (Å²) in [5.41, 5.74) is -0.508. The van der Waals surface area contributed by atoms with E-state index >= 15 is 0 Å². The number of aliphatic carboxylic acids is 1. The van der Waals surface area contributed by atoms with E-state index in [4.69, 9.17) is 4.74 Å². The second-order valence-corrected chi connectivity index (χ2v) is 8.79. The second-order valence-electron chi connectivity index (χ2n) is 8.79. The molecule has 31 heavy (non-hydrogen) atoms. The third kappa shape index (κ3) is 5.33. The molecule has 7 heteroatoms. The highest BCUT2D eigenvalue weighted by molar-refractivity contribution is 6.10. The number of Topliss-reactive ketones (excluding diaryl/α,β-unsaturated/α-hetero) is 1. The maximum atomic E-state index is 13.4. The lowest BCUT2D eigenvalue weighted by Gasteiger charge is -2.29. The molecule has 3 N–H and O–H groups in total. The van der Waals surface area contributed by atoms with Crippen LogP contribution in [-0.4, -0.2) is 53.1 Å². The molecule has 1 aliphatic carbocycles. The Labute approximate surface area is 183 Å². The number of nitrogens with one attached hydrogen (secondary N) is 2. The van der Waals surface area contributed by atoms with Gasteiger partial charge in [-0.15, -0.1) is 0 Å². The Morgan fingerprint density at radius 3 is 2.58 bits per heavy atom. The topological polar surface area (TPSA) is 105 Å². The van der Waals surface area contributed by atoms with Gasteiger partial charge in [0.1, 0.15) is 6.04 Å². The molecule has 2 fully saturated rings. The molecule has 0 amide bonds.